The Morgan fingerprint density at radius 2 is 2.25 bits per heavy atom. The lowest BCUT2D eigenvalue weighted by Gasteiger charge is -2.06. The molecule has 1 aromatic carbocycles. The van der Waals surface area contributed by atoms with E-state index in [1.807, 2.05) is 0 Å². The second kappa shape index (κ2) is 5.70. The fourth-order valence-electron chi connectivity index (χ4n) is 2.71. The molecule has 0 bridgehead atoms. The molecule has 0 saturated carbocycles. The van der Waals surface area contributed by atoms with Crippen molar-refractivity contribution in [3.63, 3.8) is 0 Å². The number of benzene rings is 1. The summed E-state index contributed by atoms with van der Waals surface area (Å²) in [5.41, 5.74) is 5.07. The summed E-state index contributed by atoms with van der Waals surface area (Å²) < 4.78 is 1.14. The number of aromatic nitrogens is 2. The number of H-pyrrole nitrogens is 1. The Labute approximate surface area is 128 Å². The first-order valence-corrected chi connectivity index (χ1v) is 8.02. The van der Waals surface area contributed by atoms with Crippen LogP contribution in [0.15, 0.2) is 22.7 Å². The number of halogens is 1. The van der Waals surface area contributed by atoms with Crippen molar-refractivity contribution < 1.29 is 0 Å². The van der Waals surface area contributed by atoms with Gasteiger partial charge in [-0.05, 0) is 30.7 Å². The second-order valence-corrected chi connectivity index (χ2v) is 6.62. The highest BCUT2D eigenvalue weighted by atomic mass is 79.9. The summed E-state index contributed by atoms with van der Waals surface area (Å²) in [6.45, 7) is 5.40. The Morgan fingerprint density at radius 1 is 1.40 bits per heavy atom. The van der Waals surface area contributed by atoms with Crippen LogP contribution < -0.4 is 5.32 Å². The molecule has 0 saturated heterocycles. The van der Waals surface area contributed by atoms with Crippen molar-refractivity contribution in [3.8, 4) is 11.3 Å². The van der Waals surface area contributed by atoms with Crippen LogP contribution >= 0.6 is 15.9 Å². The van der Waals surface area contributed by atoms with E-state index in [4.69, 9.17) is 4.98 Å². The number of aryl methyl sites for hydroxylation is 1. The maximum atomic E-state index is 4.78. The number of fused-ring (bicyclic) bond motifs is 3. The van der Waals surface area contributed by atoms with Crippen LogP contribution in [0.5, 0.6) is 0 Å². The van der Waals surface area contributed by atoms with E-state index in [1.54, 1.807) is 0 Å². The summed E-state index contributed by atoms with van der Waals surface area (Å²) in [6, 6.07) is 7.00. The highest BCUT2D eigenvalue weighted by Crippen LogP contribution is 2.36. The number of hydrogen-bond donors (Lipinski definition) is 2. The van der Waals surface area contributed by atoms with Gasteiger partial charge in [0.15, 0.2) is 0 Å². The molecule has 106 valence electrons. The number of nitrogens with one attached hydrogen (secondary N) is 2. The molecule has 0 spiro atoms. The Morgan fingerprint density at radius 3 is 3.05 bits per heavy atom. The third-order valence-corrected chi connectivity index (χ3v) is 4.15. The van der Waals surface area contributed by atoms with Crippen molar-refractivity contribution in [2.75, 3.05) is 6.54 Å². The first kappa shape index (κ1) is 13.8. The average molecular weight is 334 g/mol. The number of imidazole rings is 1. The number of aromatic amines is 1. The lowest BCUT2D eigenvalue weighted by molar-refractivity contribution is 0.566. The SMILES string of the molecule is CC(C)NCCCc1nc2c([nH]1)Cc1cc(Br)ccc1-2. The molecule has 1 heterocycles. The molecule has 2 aromatic rings. The summed E-state index contributed by atoms with van der Waals surface area (Å²) in [5.74, 6) is 1.12. The molecule has 0 unspecified atom stereocenters. The highest BCUT2D eigenvalue weighted by molar-refractivity contribution is 9.10. The molecule has 3 nitrogen and oxygen atoms in total. The third kappa shape index (κ3) is 2.81. The van der Waals surface area contributed by atoms with Crippen LogP contribution in [0.3, 0.4) is 0 Å². The predicted molar refractivity (Wildman–Crippen MR) is 86.0 cm³/mol. The molecule has 4 heteroatoms. The van der Waals surface area contributed by atoms with Crippen molar-refractivity contribution in [3.05, 3.63) is 39.8 Å². The van der Waals surface area contributed by atoms with Crippen LogP contribution in [-0.2, 0) is 12.8 Å². The zero-order chi connectivity index (χ0) is 14.1. The molecule has 1 aliphatic rings. The van der Waals surface area contributed by atoms with Crippen LogP contribution in [0, 0.1) is 0 Å². The fourth-order valence-corrected chi connectivity index (χ4v) is 3.12. The molecule has 3 rings (SSSR count). The van der Waals surface area contributed by atoms with E-state index in [1.165, 1.54) is 16.8 Å². The van der Waals surface area contributed by atoms with Gasteiger partial charge in [-0.3, -0.25) is 0 Å². The van der Waals surface area contributed by atoms with Gasteiger partial charge in [0.2, 0.25) is 0 Å². The molecule has 0 radical (unpaired) electrons. The Hall–Kier alpha value is -1.13. The average Bonchev–Trinajstić information content (AvgIpc) is 2.90. The van der Waals surface area contributed by atoms with Crippen LogP contribution in [-0.4, -0.2) is 22.6 Å². The first-order chi connectivity index (χ1) is 9.63. The lowest BCUT2D eigenvalue weighted by Crippen LogP contribution is -2.24. The van der Waals surface area contributed by atoms with Gasteiger partial charge in [0.05, 0.1) is 5.69 Å². The lowest BCUT2D eigenvalue weighted by atomic mass is 10.1. The normalized spacial score (nSPS) is 12.8. The maximum Gasteiger partial charge on any atom is 0.107 e. The van der Waals surface area contributed by atoms with Crippen molar-refractivity contribution >= 4 is 15.9 Å². The number of rotatable bonds is 5. The van der Waals surface area contributed by atoms with Gasteiger partial charge in [0, 0.05) is 34.6 Å². The zero-order valence-corrected chi connectivity index (χ0v) is 13.5. The van der Waals surface area contributed by atoms with E-state index in [0.717, 1.165) is 41.8 Å². The molecule has 0 atom stereocenters. The summed E-state index contributed by atoms with van der Waals surface area (Å²) in [6.07, 6.45) is 3.11. The molecular weight excluding hydrogens is 314 g/mol. The molecule has 20 heavy (non-hydrogen) atoms. The van der Waals surface area contributed by atoms with E-state index in [9.17, 15) is 0 Å². The van der Waals surface area contributed by atoms with Gasteiger partial charge >= 0.3 is 0 Å². The minimum Gasteiger partial charge on any atom is -0.345 e. The van der Waals surface area contributed by atoms with E-state index in [0.29, 0.717) is 6.04 Å². The molecule has 0 aliphatic heterocycles. The largest absolute Gasteiger partial charge is 0.345 e. The van der Waals surface area contributed by atoms with Crippen LogP contribution in [0.25, 0.3) is 11.3 Å². The van der Waals surface area contributed by atoms with Gasteiger partial charge in [0.25, 0.3) is 0 Å². The summed E-state index contributed by atoms with van der Waals surface area (Å²) >= 11 is 3.53. The van der Waals surface area contributed by atoms with Crippen LogP contribution in [0.1, 0.15) is 37.4 Å². The van der Waals surface area contributed by atoms with Crippen molar-refractivity contribution in [2.24, 2.45) is 0 Å². The topological polar surface area (TPSA) is 40.7 Å². The maximum absolute atomic E-state index is 4.78. The van der Waals surface area contributed by atoms with Crippen molar-refractivity contribution in [1.29, 1.82) is 0 Å². The van der Waals surface area contributed by atoms with Gasteiger partial charge < -0.3 is 10.3 Å². The van der Waals surface area contributed by atoms with Crippen LogP contribution in [0.2, 0.25) is 0 Å². The zero-order valence-electron chi connectivity index (χ0n) is 12.0. The number of nitrogens with zero attached hydrogens (tertiary/aromatic N) is 1. The van der Waals surface area contributed by atoms with Gasteiger partial charge in [-0.15, -0.1) is 0 Å². The molecule has 0 amide bonds. The Bertz CT molecular complexity index is 616. The Balaban J connectivity index is 1.68. The van der Waals surface area contributed by atoms with Gasteiger partial charge in [0.1, 0.15) is 5.82 Å². The Kier molecular flexibility index (Phi) is 3.94. The summed E-state index contributed by atoms with van der Waals surface area (Å²) in [4.78, 5) is 8.27. The van der Waals surface area contributed by atoms with Gasteiger partial charge in [-0.25, -0.2) is 4.98 Å². The van der Waals surface area contributed by atoms with Crippen LogP contribution in [0.4, 0.5) is 0 Å². The molecular formula is C16H20BrN3. The molecule has 2 N–H and O–H groups in total. The van der Waals surface area contributed by atoms with E-state index < -0.39 is 0 Å². The van der Waals surface area contributed by atoms with Crippen molar-refractivity contribution in [1.82, 2.24) is 15.3 Å². The number of hydrogen-bond acceptors (Lipinski definition) is 2. The fraction of sp³-hybridized carbons (Fsp3) is 0.438. The highest BCUT2D eigenvalue weighted by Gasteiger charge is 2.22. The molecule has 1 aromatic heterocycles. The molecule has 0 fully saturated rings. The van der Waals surface area contributed by atoms with Crippen molar-refractivity contribution in [2.45, 2.75) is 39.2 Å². The van der Waals surface area contributed by atoms with Gasteiger partial charge in [-0.2, -0.15) is 0 Å². The minimum absolute atomic E-state index is 0.557. The predicted octanol–water partition coefficient (Wildman–Crippen LogP) is 3.67. The van der Waals surface area contributed by atoms with E-state index >= 15 is 0 Å². The third-order valence-electron chi connectivity index (χ3n) is 3.66. The summed E-state index contributed by atoms with van der Waals surface area (Å²) in [5, 5.41) is 3.44. The smallest absolute Gasteiger partial charge is 0.107 e. The second-order valence-electron chi connectivity index (χ2n) is 5.70. The minimum atomic E-state index is 0.557. The quantitative estimate of drug-likeness (QED) is 0.699. The van der Waals surface area contributed by atoms with E-state index in [-0.39, 0.29) is 0 Å². The summed E-state index contributed by atoms with van der Waals surface area (Å²) in [7, 11) is 0. The molecule has 1 aliphatic carbocycles. The monoisotopic (exact) mass is 333 g/mol. The van der Waals surface area contributed by atoms with E-state index in [2.05, 4.69) is 58.3 Å². The standard InChI is InChI=1S/C16H20BrN3/c1-10(2)18-7-3-4-15-19-14-9-11-8-12(17)5-6-13(11)16(14)20-15/h5-6,8,10,18H,3-4,7,9H2,1-2H3,(H,19,20). The first-order valence-electron chi connectivity index (χ1n) is 7.23. The van der Waals surface area contributed by atoms with Gasteiger partial charge in [-0.1, -0.05) is 35.8 Å².